The van der Waals surface area contributed by atoms with Gasteiger partial charge < -0.3 is 10.1 Å². The second-order valence-corrected chi connectivity index (χ2v) is 5.73. The lowest BCUT2D eigenvalue weighted by Gasteiger charge is -2.36. The molecule has 1 saturated heterocycles. The molecule has 0 aromatic heterocycles. The van der Waals surface area contributed by atoms with Crippen molar-refractivity contribution in [2.24, 2.45) is 0 Å². The average molecular weight is 309 g/mol. The van der Waals surface area contributed by atoms with Crippen LogP contribution in [-0.4, -0.2) is 24.6 Å². The zero-order valence-electron chi connectivity index (χ0n) is 10.0. The van der Waals surface area contributed by atoms with Crippen LogP contribution in [0.3, 0.4) is 0 Å². The van der Waals surface area contributed by atoms with Gasteiger partial charge in [-0.05, 0) is 36.6 Å². The third kappa shape index (κ3) is 3.52. The van der Waals surface area contributed by atoms with Crippen LogP contribution >= 0.6 is 34.8 Å². The van der Waals surface area contributed by atoms with Crippen LogP contribution < -0.4 is 5.32 Å². The minimum absolute atomic E-state index is 0.0501. The Hall–Kier alpha value is 0.01000. The van der Waals surface area contributed by atoms with Crippen LogP contribution in [0.25, 0.3) is 0 Å². The van der Waals surface area contributed by atoms with Crippen molar-refractivity contribution in [2.45, 2.75) is 24.9 Å². The molecule has 0 unspecified atom stereocenters. The maximum absolute atomic E-state index is 6.15. The number of alkyl halides is 1. The fourth-order valence-corrected chi connectivity index (χ4v) is 2.82. The van der Waals surface area contributed by atoms with Crippen molar-refractivity contribution >= 4 is 34.8 Å². The van der Waals surface area contributed by atoms with Crippen molar-refractivity contribution in [3.63, 3.8) is 0 Å². The van der Waals surface area contributed by atoms with Gasteiger partial charge in [0.15, 0.2) is 0 Å². The van der Waals surface area contributed by atoms with Crippen LogP contribution in [0.2, 0.25) is 10.0 Å². The number of halogens is 3. The summed E-state index contributed by atoms with van der Waals surface area (Å²) < 4.78 is 5.38. The number of rotatable bonds is 4. The summed E-state index contributed by atoms with van der Waals surface area (Å²) in [5.74, 6) is 0.578. The van der Waals surface area contributed by atoms with Gasteiger partial charge in [-0.25, -0.2) is 0 Å². The van der Waals surface area contributed by atoms with E-state index in [-0.39, 0.29) is 5.54 Å². The Morgan fingerprint density at radius 2 is 1.94 bits per heavy atom. The van der Waals surface area contributed by atoms with Crippen molar-refractivity contribution in [1.82, 2.24) is 5.32 Å². The van der Waals surface area contributed by atoms with E-state index < -0.39 is 0 Å². The van der Waals surface area contributed by atoms with E-state index >= 15 is 0 Å². The molecule has 0 radical (unpaired) electrons. The second-order valence-electron chi connectivity index (χ2n) is 4.62. The Bertz CT molecular complexity index is 405. The number of benzene rings is 1. The minimum Gasteiger partial charge on any atom is -0.381 e. The Kier molecular flexibility index (Phi) is 5.16. The predicted molar refractivity (Wildman–Crippen MR) is 76.8 cm³/mol. The highest BCUT2D eigenvalue weighted by atomic mass is 35.5. The first-order valence-corrected chi connectivity index (χ1v) is 7.27. The lowest BCUT2D eigenvalue weighted by atomic mass is 9.92. The highest BCUT2D eigenvalue weighted by molar-refractivity contribution is 6.33. The fraction of sp³-hybridized carbons (Fsp3) is 0.538. The molecule has 1 aliphatic rings. The van der Waals surface area contributed by atoms with Gasteiger partial charge in [-0.15, -0.1) is 11.6 Å². The molecule has 0 atom stereocenters. The molecular weight excluding hydrogens is 293 g/mol. The molecule has 2 nitrogen and oxygen atoms in total. The molecule has 0 aliphatic carbocycles. The van der Waals surface area contributed by atoms with E-state index in [1.807, 2.05) is 12.1 Å². The normalized spacial score (nSPS) is 18.8. The molecule has 5 heteroatoms. The largest absolute Gasteiger partial charge is 0.381 e. The molecular formula is C13H16Cl3NO. The van der Waals surface area contributed by atoms with E-state index in [1.165, 1.54) is 0 Å². The topological polar surface area (TPSA) is 21.3 Å². The molecule has 0 saturated carbocycles. The Morgan fingerprint density at radius 3 is 2.61 bits per heavy atom. The van der Waals surface area contributed by atoms with Gasteiger partial charge in [0.1, 0.15) is 0 Å². The van der Waals surface area contributed by atoms with Crippen molar-refractivity contribution < 1.29 is 4.74 Å². The molecule has 1 aromatic carbocycles. The Labute approximate surface area is 123 Å². The van der Waals surface area contributed by atoms with E-state index in [1.54, 1.807) is 6.07 Å². The maximum atomic E-state index is 6.15. The van der Waals surface area contributed by atoms with Crippen LogP contribution in [0, 0.1) is 0 Å². The van der Waals surface area contributed by atoms with Crippen molar-refractivity contribution in [1.29, 1.82) is 0 Å². The first-order valence-electron chi connectivity index (χ1n) is 5.98. The summed E-state index contributed by atoms with van der Waals surface area (Å²) in [5, 5.41) is 4.94. The van der Waals surface area contributed by atoms with Crippen LogP contribution in [0.4, 0.5) is 0 Å². The van der Waals surface area contributed by atoms with Gasteiger partial charge in [0.25, 0.3) is 0 Å². The summed E-state index contributed by atoms with van der Waals surface area (Å²) in [7, 11) is 0. The molecule has 100 valence electrons. The molecule has 1 heterocycles. The smallest absolute Gasteiger partial charge is 0.0484 e. The predicted octanol–water partition coefficient (Wildman–Crippen LogP) is 3.87. The Balaban J connectivity index is 2.03. The summed E-state index contributed by atoms with van der Waals surface area (Å²) in [4.78, 5) is 0. The molecule has 2 rings (SSSR count). The van der Waals surface area contributed by atoms with Crippen molar-refractivity contribution in [2.75, 3.05) is 19.1 Å². The summed E-state index contributed by atoms with van der Waals surface area (Å²) in [6, 6.07) is 5.50. The molecule has 1 aliphatic heterocycles. The minimum atomic E-state index is -0.0501. The van der Waals surface area contributed by atoms with Gasteiger partial charge in [0, 0.05) is 41.2 Å². The van der Waals surface area contributed by atoms with E-state index in [4.69, 9.17) is 39.5 Å². The number of hydrogen-bond donors (Lipinski definition) is 1. The number of hydrogen-bond acceptors (Lipinski definition) is 2. The second kappa shape index (κ2) is 6.44. The summed E-state index contributed by atoms with van der Waals surface area (Å²) in [5.41, 5.74) is 0.950. The quantitative estimate of drug-likeness (QED) is 0.853. The molecule has 0 bridgehead atoms. The van der Waals surface area contributed by atoms with Gasteiger partial charge in [0.05, 0.1) is 0 Å². The van der Waals surface area contributed by atoms with Crippen LogP contribution in [0.5, 0.6) is 0 Å². The molecule has 1 fully saturated rings. The zero-order chi connectivity index (χ0) is 13.0. The first kappa shape index (κ1) is 14.4. The van der Waals surface area contributed by atoms with Gasteiger partial charge in [-0.3, -0.25) is 0 Å². The number of nitrogens with one attached hydrogen (secondary N) is 1. The van der Waals surface area contributed by atoms with Crippen molar-refractivity contribution in [3.8, 4) is 0 Å². The van der Waals surface area contributed by atoms with Gasteiger partial charge in [0.2, 0.25) is 0 Å². The molecule has 0 spiro atoms. The molecule has 18 heavy (non-hydrogen) atoms. The number of ether oxygens (including phenoxy) is 1. The van der Waals surface area contributed by atoms with Gasteiger partial charge in [-0.1, -0.05) is 23.2 Å². The fourth-order valence-electron chi connectivity index (χ4n) is 2.08. The monoisotopic (exact) mass is 307 g/mol. The zero-order valence-corrected chi connectivity index (χ0v) is 12.3. The van der Waals surface area contributed by atoms with E-state index in [0.717, 1.165) is 36.6 Å². The van der Waals surface area contributed by atoms with E-state index in [0.29, 0.717) is 17.4 Å². The van der Waals surface area contributed by atoms with E-state index in [2.05, 4.69) is 5.32 Å². The SMILES string of the molecule is ClCC1(NCc2cc(Cl)ccc2Cl)CCOCC1. The van der Waals surface area contributed by atoms with Crippen molar-refractivity contribution in [3.05, 3.63) is 33.8 Å². The van der Waals surface area contributed by atoms with Gasteiger partial charge in [-0.2, -0.15) is 0 Å². The molecule has 1 N–H and O–H groups in total. The lowest BCUT2D eigenvalue weighted by molar-refractivity contribution is 0.0459. The first-order chi connectivity index (χ1) is 8.65. The van der Waals surface area contributed by atoms with E-state index in [9.17, 15) is 0 Å². The summed E-state index contributed by atoms with van der Waals surface area (Å²) >= 11 is 18.2. The van der Waals surface area contributed by atoms with Gasteiger partial charge >= 0.3 is 0 Å². The lowest BCUT2D eigenvalue weighted by Crippen LogP contribution is -2.50. The van der Waals surface area contributed by atoms with Crippen LogP contribution in [0.1, 0.15) is 18.4 Å². The summed E-state index contributed by atoms with van der Waals surface area (Å²) in [6.07, 6.45) is 1.85. The summed E-state index contributed by atoms with van der Waals surface area (Å²) in [6.45, 7) is 2.18. The Morgan fingerprint density at radius 1 is 1.22 bits per heavy atom. The van der Waals surface area contributed by atoms with Crippen LogP contribution in [-0.2, 0) is 11.3 Å². The highest BCUT2D eigenvalue weighted by Gasteiger charge is 2.31. The third-order valence-corrected chi connectivity index (χ3v) is 4.48. The molecule has 1 aromatic rings. The average Bonchev–Trinajstić information content (AvgIpc) is 2.41. The standard InChI is InChI=1S/C13H16Cl3NO/c14-9-13(3-5-18-6-4-13)17-8-10-7-11(15)1-2-12(10)16/h1-2,7,17H,3-6,8-9H2. The third-order valence-electron chi connectivity index (χ3n) is 3.37. The maximum Gasteiger partial charge on any atom is 0.0484 e. The highest BCUT2D eigenvalue weighted by Crippen LogP contribution is 2.25. The molecule has 0 amide bonds. The van der Waals surface area contributed by atoms with Crippen LogP contribution in [0.15, 0.2) is 18.2 Å².